The Morgan fingerprint density at radius 1 is 1.25 bits per heavy atom. The number of nitrogens with zero attached hydrogens (tertiary/aromatic N) is 1. The van der Waals surface area contributed by atoms with Gasteiger partial charge in [0.2, 0.25) is 0 Å². The predicted molar refractivity (Wildman–Crippen MR) is 87.5 cm³/mol. The van der Waals surface area contributed by atoms with Crippen LogP contribution < -0.4 is 4.74 Å². The van der Waals surface area contributed by atoms with Gasteiger partial charge in [-0.25, -0.2) is 13.2 Å². The zero-order chi connectivity index (χ0) is 17.7. The summed E-state index contributed by atoms with van der Waals surface area (Å²) in [6.07, 6.45) is 0.412. The van der Waals surface area contributed by atoms with Crippen molar-refractivity contribution in [3.63, 3.8) is 0 Å². The molecule has 1 aliphatic heterocycles. The number of para-hydroxylation sites is 1. The molecule has 1 aromatic rings. The first-order valence-electron chi connectivity index (χ1n) is 7.58. The summed E-state index contributed by atoms with van der Waals surface area (Å²) in [4.78, 5) is 25.0. The van der Waals surface area contributed by atoms with E-state index in [0.717, 1.165) is 5.56 Å². The molecule has 8 heteroatoms. The topological polar surface area (TPSA) is 90.0 Å². The van der Waals surface area contributed by atoms with Crippen molar-refractivity contribution < 1.29 is 27.5 Å². The van der Waals surface area contributed by atoms with E-state index >= 15 is 0 Å². The highest BCUT2D eigenvalue weighted by Crippen LogP contribution is 2.17. The smallest absolute Gasteiger partial charge is 0.344 e. The molecule has 1 amide bonds. The normalized spacial score (nSPS) is 18.8. The molecule has 0 aromatic heterocycles. The molecule has 1 fully saturated rings. The molecule has 0 radical (unpaired) electrons. The summed E-state index contributed by atoms with van der Waals surface area (Å²) in [7, 11) is -1.55. The number of esters is 1. The lowest BCUT2D eigenvalue weighted by Gasteiger charge is -2.23. The van der Waals surface area contributed by atoms with Gasteiger partial charge in [0.25, 0.3) is 5.91 Å². The van der Waals surface area contributed by atoms with Crippen molar-refractivity contribution in [2.75, 3.05) is 31.8 Å². The Morgan fingerprint density at radius 3 is 2.58 bits per heavy atom. The molecule has 24 heavy (non-hydrogen) atoms. The van der Waals surface area contributed by atoms with Crippen molar-refractivity contribution in [1.29, 1.82) is 0 Å². The Labute approximate surface area is 141 Å². The van der Waals surface area contributed by atoms with E-state index in [1.807, 2.05) is 19.1 Å². The van der Waals surface area contributed by atoms with Gasteiger partial charge in [-0.2, -0.15) is 0 Å². The van der Waals surface area contributed by atoms with Crippen LogP contribution in [0.2, 0.25) is 0 Å². The number of carbonyl (C=O) groups excluding carboxylic acids is 2. The second-order valence-corrected chi connectivity index (χ2v) is 8.01. The summed E-state index contributed by atoms with van der Waals surface area (Å²) in [6, 6.07) is 6.89. The van der Waals surface area contributed by atoms with Crippen LogP contribution >= 0.6 is 0 Å². The van der Waals surface area contributed by atoms with E-state index < -0.39 is 28.3 Å². The Hall–Kier alpha value is -2.09. The molecule has 2 rings (SSSR count). The van der Waals surface area contributed by atoms with Gasteiger partial charge < -0.3 is 14.4 Å². The largest absolute Gasteiger partial charge is 0.482 e. The second kappa shape index (κ2) is 7.65. The fourth-order valence-corrected chi connectivity index (χ4v) is 4.20. The van der Waals surface area contributed by atoms with Crippen molar-refractivity contribution in [3.05, 3.63) is 29.8 Å². The minimum atomic E-state index is -3.07. The van der Waals surface area contributed by atoms with Crippen molar-refractivity contribution in [2.45, 2.75) is 19.4 Å². The van der Waals surface area contributed by atoms with Crippen LogP contribution in [0.1, 0.15) is 12.0 Å². The third kappa shape index (κ3) is 4.95. The number of carbonyl (C=O) groups is 2. The van der Waals surface area contributed by atoms with Crippen LogP contribution in [-0.2, 0) is 24.2 Å². The summed E-state index contributed by atoms with van der Waals surface area (Å²) in [5.74, 6) is -0.465. The number of ether oxygens (including phenoxy) is 2. The van der Waals surface area contributed by atoms with Crippen LogP contribution in [0.15, 0.2) is 24.3 Å². The molecule has 1 saturated heterocycles. The summed E-state index contributed by atoms with van der Waals surface area (Å²) in [6.45, 7) is 1.14. The highest BCUT2D eigenvalue weighted by atomic mass is 32.2. The lowest BCUT2D eigenvalue weighted by atomic mass is 10.2. The summed E-state index contributed by atoms with van der Waals surface area (Å²) >= 11 is 0. The Balaban J connectivity index is 1.75. The molecule has 1 aromatic carbocycles. The van der Waals surface area contributed by atoms with E-state index in [9.17, 15) is 18.0 Å². The van der Waals surface area contributed by atoms with Gasteiger partial charge in [0.05, 0.1) is 11.5 Å². The van der Waals surface area contributed by atoms with Gasteiger partial charge in [-0.3, -0.25) is 4.79 Å². The SMILES string of the molecule is Cc1ccccc1OCC(=O)OCC(=O)N(C)[C@@H]1CCS(=O)(=O)C1. The first-order chi connectivity index (χ1) is 11.3. The average molecular weight is 355 g/mol. The maximum atomic E-state index is 12.0. The quantitative estimate of drug-likeness (QED) is 0.693. The van der Waals surface area contributed by atoms with Crippen LogP contribution in [0.25, 0.3) is 0 Å². The highest BCUT2D eigenvalue weighted by Gasteiger charge is 2.32. The maximum absolute atomic E-state index is 12.0. The van der Waals surface area contributed by atoms with Crippen LogP contribution in [0, 0.1) is 6.92 Å². The monoisotopic (exact) mass is 355 g/mol. The average Bonchev–Trinajstić information content (AvgIpc) is 2.91. The molecule has 0 unspecified atom stereocenters. The molecule has 0 bridgehead atoms. The minimum Gasteiger partial charge on any atom is -0.482 e. The number of sulfone groups is 1. The minimum absolute atomic E-state index is 0.0421. The van der Waals surface area contributed by atoms with E-state index in [-0.39, 0.29) is 24.2 Å². The molecule has 0 aliphatic carbocycles. The molecular formula is C16H21NO6S. The molecule has 0 spiro atoms. The van der Waals surface area contributed by atoms with Gasteiger partial charge in [-0.15, -0.1) is 0 Å². The molecule has 7 nitrogen and oxygen atoms in total. The number of benzene rings is 1. The van der Waals surface area contributed by atoms with Crippen LogP contribution in [0.4, 0.5) is 0 Å². The van der Waals surface area contributed by atoms with Crippen molar-refractivity contribution in [2.24, 2.45) is 0 Å². The summed E-state index contributed by atoms with van der Waals surface area (Å²) in [5.41, 5.74) is 0.892. The van der Waals surface area contributed by atoms with E-state index in [1.165, 1.54) is 11.9 Å². The second-order valence-electron chi connectivity index (χ2n) is 5.78. The third-order valence-electron chi connectivity index (χ3n) is 3.95. The number of hydrogen-bond donors (Lipinski definition) is 0. The standard InChI is InChI=1S/C16H21NO6S/c1-12-5-3-4-6-14(12)22-10-16(19)23-9-15(18)17(2)13-7-8-24(20,21)11-13/h3-6,13H,7-11H2,1-2H3/t13-/m1/s1. The Bertz CT molecular complexity index is 715. The van der Waals surface area contributed by atoms with E-state index in [1.54, 1.807) is 12.1 Å². The van der Waals surface area contributed by atoms with Gasteiger partial charge in [-0.05, 0) is 25.0 Å². The zero-order valence-electron chi connectivity index (χ0n) is 13.7. The van der Waals surface area contributed by atoms with E-state index in [0.29, 0.717) is 12.2 Å². The van der Waals surface area contributed by atoms with Gasteiger partial charge in [-0.1, -0.05) is 18.2 Å². The van der Waals surface area contributed by atoms with Crippen LogP contribution in [-0.4, -0.2) is 63.0 Å². The predicted octanol–water partition coefficient (Wildman–Crippen LogP) is 0.563. The van der Waals surface area contributed by atoms with E-state index in [2.05, 4.69) is 0 Å². The van der Waals surface area contributed by atoms with Crippen molar-refractivity contribution in [3.8, 4) is 5.75 Å². The molecule has 0 saturated carbocycles. The first kappa shape index (κ1) is 18.3. The zero-order valence-corrected chi connectivity index (χ0v) is 14.5. The van der Waals surface area contributed by atoms with Crippen molar-refractivity contribution >= 4 is 21.7 Å². The third-order valence-corrected chi connectivity index (χ3v) is 5.70. The van der Waals surface area contributed by atoms with Crippen molar-refractivity contribution in [1.82, 2.24) is 4.90 Å². The number of amides is 1. The molecule has 0 N–H and O–H groups in total. The fourth-order valence-electron chi connectivity index (χ4n) is 2.43. The molecule has 1 aliphatic rings. The first-order valence-corrected chi connectivity index (χ1v) is 9.41. The highest BCUT2D eigenvalue weighted by molar-refractivity contribution is 7.91. The van der Waals surface area contributed by atoms with Gasteiger partial charge in [0.15, 0.2) is 23.1 Å². The summed E-state index contributed by atoms with van der Waals surface area (Å²) in [5, 5.41) is 0. The lowest BCUT2D eigenvalue weighted by Crippen LogP contribution is -2.40. The van der Waals surface area contributed by atoms with Gasteiger partial charge in [0, 0.05) is 13.1 Å². The van der Waals surface area contributed by atoms with Gasteiger partial charge >= 0.3 is 5.97 Å². The van der Waals surface area contributed by atoms with Crippen LogP contribution in [0.5, 0.6) is 5.75 Å². The molecular weight excluding hydrogens is 334 g/mol. The number of aryl methyl sites for hydroxylation is 1. The Morgan fingerprint density at radius 2 is 1.96 bits per heavy atom. The summed E-state index contributed by atoms with van der Waals surface area (Å²) < 4.78 is 33.1. The number of rotatable bonds is 6. The number of likely N-dealkylation sites (N-methyl/N-ethyl adjacent to an activating group) is 1. The van der Waals surface area contributed by atoms with E-state index in [4.69, 9.17) is 9.47 Å². The molecule has 1 atom stereocenters. The fraction of sp³-hybridized carbons (Fsp3) is 0.500. The maximum Gasteiger partial charge on any atom is 0.344 e. The van der Waals surface area contributed by atoms with Gasteiger partial charge in [0.1, 0.15) is 5.75 Å². The molecule has 132 valence electrons. The van der Waals surface area contributed by atoms with Crippen LogP contribution in [0.3, 0.4) is 0 Å². The molecule has 1 heterocycles. The number of hydrogen-bond acceptors (Lipinski definition) is 6. The Kier molecular flexibility index (Phi) is 5.82. The lowest BCUT2D eigenvalue weighted by molar-refractivity contribution is -0.153.